The van der Waals surface area contributed by atoms with Crippen LogP contribution in [0.15, 0.2) is 66.2 Å². The van der Waals surface area contributed by atoms with Crippen molar-refractivity contribution in [2.75, 3.05) is 24.5 Å². The van der Waals surface area contributed by atoms with Crippen molar-refractivity contribution in [1.29, 1.82) is 0 Å². The van der Waals surface area contributed by atoms with Crippen molar-refractivity contribution in [2.24, 2.45) is 11.7 Å². The molecule has 3 rings (SSSR count). The summed E-state index contributed by atoms with van der Waals surface area (Å²) < 4.78 is 5.97. The third-order valence-electron chi connectivity index (χ3n) is 6.37. The molecule has 2 N–H and O–H groups in total. The van der Waals surface area contributed by atoms with Gasteiger partial charge in [0.2, 0.25) is 5.91 Å². The van der Waals surface area contributed by atoms with E-state index in [0.717, 1.165) is 50.2 Å². The first-order chi connectivity index (χ1) is 16.3. The minimum absolute atomic E-state index is 0.0999. The maximum atomic E-state index is 12.8. The fourth-order valence-corrected chi connectivity index (χ4v) is 4.46. The van der Waals surface area contributed by atoms with Gasteiger partial charge in [-0.1, -0.05) is 55.8 Å². The molecule has 1 heterocycles. The fraction of sp³-hybridized carbons (Fsp3) is 0.483. The lowest BCUT2D eigenvalue weighted by Crippen LogP contribution is -2.51. The van der Waals surface area contributed by atoms with Crippen LogP contribution in [0.3, 0.4) is 0 Å². The molecule has 1 atom stereocenters. The number of nitrogens with two attached hydrogens (primary N) is 1. The molecule has 0 radical (unpaired) electrons. The van der Waals surface area contributed by atoms with Crippen LogP contribution in [-0.2, 0) is 11.4 Å². The largest absolute Gasteiger partial charge is 0.489 e. The molecule has 0 saturated carbocycles. The van der Waals surface area contributed by atoms with E-state index < -0.39 is 0 Å². The Morgan fingerprint density at radius 1 is 1.09 bits per heavy atom. The zero-order valence-electron chi connectivity index (χ0n) is 21.2. The molecule has 0 bridgehead atoms. The van der Waals surface area contributed by atoms with Gasteiger partial charge in [-0.3, -0.25) is 4.79 Å². The van der Waals surface area contributed by atoms with E-state index in [1.165, 1.54) is 11.3 Å². The molecule has 5 nitrogen and oxygen atoms in total. The summed E-state index contributed by atoms with van der Waals surface area (Å²) in [6.07, 6.45) is 4.91. The van der Waals surface area contributed by atoms with Crippen molar-refractivity contribution in [3.05, 3.63) is 71.8 Å². The number of benzene rings is 2. The van der Waals surface area contributed by atoms with Crippen molar-refractivity contribution in [1.82, 2.24) is 4.90 Å². The molecule has 0 aliphatic carbocycles. The second-order valence-corrected chi connectivity index (χ2v) is 9.99. The van der Waals surface area contributed by atoms with Gasteiger partial charge in [-0.25, -0.2) is 0 Å². The zero-order valence-corrected chi connectivity index (χ0v) is 21.2. The molecule has 2 aromatic rings. The van der Waals surface area contributed by atoms with Crippen molar-refractivity contribution in [2.45, 2.75) is 65.6 Å². The highest BCUT2D eigenvalue weighted by Crippen LogP contribution is 2.27. The van der Waals surface area contributed by atoms with Crippen molar-refractivity contribution in [3.63, 3.8) is 0 Å². The van der Waals surface area contributed by atoms with Gasteiger partial charge in [-0.15, -0.1) is 0 Å². The van der Waals surface area contributed by atoms with E-state index in [2.05, 4.69) is 75.1 Å². The zero-order chi connectivity index (χ0) is 24.5. The van der Waals surface area contributed by atoms with Crippen LogP contribution < -0.4 is 15.4 Å². The maximum absolute atomic E-state index is 12.8. The third kappa shape index (κ3) is 7.63. The van der Waals surface area contributed by atoms with Crippen molar-refractivity contribution >= 4 is 11.6 Å². The van der Waals surface area contributed by atoms with Crippen LogP contribution in [0.4, 0.5) is 5.69 Å². The number of likely N-dealkylation sites (tertiary alicyclic amines) is 1. The first kappa shape index (κ1) is 25.8. The van der Waals surface area contributed by atoms with E-state index in [1.807, 2.05) is 23.1 Å². The molecule has 34 heavy (non-hydrogen) atoms. The SMILES string of the molecule is CC(C)=CCN(c1ccc(OCc2ccccc2)cc1)C1CCN(C(=O)[C@H](N)CC(C)C)CC1. The van der Waals surface area contributed by atoms with Crippen molar-refractivity contribution < 1.29 is 9.53 Å². The van der Waals surface area contributed by atoms with Gasteiger partial charge in [-0.2, -0.15) is 0 Å². The Morgan fingerprint density at radius 3 is 2.32 bits per heavy atom. The highest BCUT2D eigenvalue weighted by Gasteiger charge is 2.29. The lowest BCUT2D eigenvalue weighted by Gasteiger charge is -2.40. The summed E-state index contributed by atoms with van der Waals surface area (Å²) in [6.45, 7) is 11.4. The van der Waals surface area contributed by atoms with Crippen LogP contribution in [0.1, 0.15) is 52.5 Å². The number of rotatable bonds is 10. The van der Waals surface area contributed by atoms with Crippen LogP contribution in [-0.4, -0.2) is 42.5 Å². The molecular weight excluding hydrogens is 422 g/mol. The molecule has 1 fully saturated rings. The monoisotopic (exact) mass is 463 g/mol. The van der Waals surface area contributed by atoms with Gasteiger partial charge >= 0.3 is 0 Å². The smallest absolute Gasteiger partial charge is 0.239 e. The van der Waals surface area contributed by atoms with Gasteiger partial charge in [0.25, 0.3) is 0 Å². The summed E-state index contributed by atoms with van der Waals surface area (Å²) in [5.41, 5.74) is 9.82. The Hall–Kier alpha value is -2.79. The summed E-state index contributed by atoms with van der Waals surface area (Å²) in [6, 6.07) is 18.6. The highest BCUT2D eigenvalue weighted by molar-refractivity contribution is 5.81. The number of carbonyl (C=O) groups is 1. The van der Waals surface area contributed by atoms with Gasteiger partial charge in [0, 0.05) is 31.4 Å². The Balaban J connectivity index is 1.63. The molecule has 0 aromatic heterocycles. The molecule has 1 aliphatic rings. The highest BCUT2D eigenvalue weighted by atomic mass is 16.5. The Kier molecular flexibility index (Phi) is 9.58. The average Bonchev–Trinajstić information content (AvgIpc) is 2.83. The fourth-order valence-electron chi connectivity index (χ4n) is 4.46. The number of piperidine rings is 1. The third-order valence-corrected chi connectivity index (χ3v) is 6.37. The van der Waals surface area contributed by atoms with E-state index in [9.17, 15) is 4.79 Å². The van der Waals surface area contributed by atoms with Gasteiger partial charge < -0.3 is 20.3 Å². The summed E-state index contributed by atoms with van der Waals surface area (Å²) in [5, 5.41) is 0. The molecule has 5 heteroatoms. The summed E-state index contributed by atoms with van der Waals surface area (Å²) in [4.78, 5) is 17.2. The Bertz CT molecular complexity index is 912. The van der Waals surface area contributed by atoms with Gasteiger partial charge in [0.15, 0.2) is 0 Å². The van der Waals surface area contributed by atoms with Gasteiger partial charge in [0.05, 0.1) is 6.04 Å². The lowest BCUT2D eigenvalue weighted by atomic mass is 9.99. The standard InChI is InChI=1S/C29H41N3O2/c1-22(2)14-19-32(26-15-17-31(18-16-26)29(33)28(30)20-23(3)4)25-10-12-27(13-11-25)34-21-24-8-6-5-7-9-24/h5-14,23,26,28H,15-21,30H2,1-4H3/t28-/m1/s1. The summed E-state index contributed by atoms with van der Waals surface area (Å²) in [7, 11) is 0. The first-order valence-electron chi connectivity index (χ1n) is 12.5. The number of nitrogens with zero attached hydrogens (tertiary/aromatic N) is 2. The summed E-state index contributed by atoms with van der Waals surface area (Å²) >= 11 is 0. The molecule has 184 valence electrons. The quantitative estimate of drug-likeness (QED) is 0.479. The second kappa shape index (κ2) is 12.6. The second-order valence-electron chi connectivity index (χ2n) is 9.99. The van der Waals surface area contributed by atoms with Gasteiger partial charge in [-0.05, 0) is 68.9 Å². The average molecular weight is 464 g/mol. The maximum Gasteiger partial charge on any atom is 0.239 e. The first-order valence-corrected chi connectivity index (χ1v) is 12.5. The van der Waals surface area contributed by atoms with Crippen LogP contribution >= 0.6 is 0 Å². The van der Waals surface area contributed by atoms with Gasteiger partial charge in [0.1, 0.15) is 12.4 Å². The molecule has 2 aromatic carbocycles. The minimum atomic E-state index is -0.387. The van der Waals surface area contributed by atoms with E-state index >= 15 is 0 Å². The van der Waals surface area contributed by atoms with E-state index in [1.54, 1.807) is 0 Å². The van der Waals surface area contributed by atoms with Crippen LogP contribution in [0, 0.1) is 5.92 Å². The number of anilines is 1. The van der Waals surface area contributed by atoms with Crippen molar-refractivity contribution in [3.8, 4) is 5.75 Å². The van der Waals surface area contributed by atoms with Crippen LogP contribution in [0.25, 0.3) is 0 Å². The molecular formula is C29H41N3O2. The molecule has 0 unspecified atom stereocenters. The predicted octanol–water partition coefficient (Wildman–Crippen LogP) is 5.40. The predicted molar refractivity (Wildman–Crippen MR) is 141 cm³/mol. The van der Waals surface area contributed by atoms with E-state index in [4.69, 9.17) is 10.5 Å². The molecule has 1 saturated heterocycles. The Labute approximate surface area is 205 Å². The lowest BCUT2D eigenvalue weighted by molar-refractivity contribution is -0.134. The number of carbonyl (C=O) groups excluding carboxylic acids is 1. The molecule has 1 aliphatic heterocycles. The number of allylic oxidation sites excluding steroid dienone is 1. The Morgan fingerprint density at radius 2 is 1.74 bits per heavy atom. The van der Waals surface area contributed by atoms with Crippen LogP contribution in [0.2, 0.25) is 0 Å². The molecule has 0 spiro atoms. The van der Waals surface area contributed by atoms with E-state index in [0.29, 0.717) is 18.6 Å². The number of hydrogen-bond acceptors (Lipinski definition) is 4. The number of ether oxygens (including phenoxy) is 1. The number of amides is 1. The molecule has 1 amide bonds. The normalized spacial score (nSPS) is 15.2. The minimum Gasteiger partial charge on any atom is -0.489 e. The van der Waals surface area contributed by atoms with E-state index in [-0.39, 0.29) is 11.9 Å². The number of hydrogen-bond donors (Lipinski definition) is 1. The summed E-state index contributed by atoms with van der Waals surface area (Å²) in [5.74, 6) is 1.40. The van der Waals surface area contributed by atoms with Crippen LogP contribution in [0.5, 0.6) is 5.75 Å². The topological polar surface area (TPSA) is 58.8 Å².